The van der Waals surface area contributed by atoms with E-state index in [2.05, 4.69) is 10.6 Å². The van der Waals surface area contributed by atoms with Crippen LogP contribution in [0.25, 0.3) is 0 Å². The van der Waals surface area contributed by atoms with Gasteiger partial charge in [0.05, 0.1) is 5.56 Å². The molecule has 1 aromatic rings. The molecule has 0 spiro atoms. The monoisotopic (exact) mass is 323 g/mol. The Bertz CT molecular complexity index is 520. The quantitative estimate of drug-likeness (QED) is 0.449. The maximum Gasteiger partial charge on any atom is 0.252 e. The van der Waals surface area contributed by atoms with Crippen molar-refractivity contribution in [1.29, 1.82) is 0 Å². The van der Waals surface area contributed by atoms with Crippen LogP contribution < -0.4 is 21.1 Å². The number of carbonyl (C=O) groups excluding carboxylic acids is 2. The smallest absolute Gasteiger partial charge is 0.252 e. The highest BCUT2D eigenvalue weighted by Gasteiger charge is 2.11. The Morgan fingerprint density at radius 2 is 1.96 bits per heavy atom. The second-order valence-corrected chi connectivity index (χ2v) is 5.48. The number of ether oxygens (including phenoxy) is 1. The minimum absolute atomic E-state index is 0.00117. The third-order valence-electron chi connectivity index (χ3n) is 3.09. The number of amides is 2. The van der Waals surface area contributed by atoms with E-state index in [-0.39, 0.29) is 24.0 Å². The summed E-state index contributed by atoms with van der Waals surface area (Å²) in [6, 6.07) is 6.61. The predicted molar refractivity (Wildman–Crippen MR) is 87.2 cm³/mol. The van der Waals surface area contributed by atoms with E-state index in [1.54, 1.807) is 24.3 Å². The summed E-state index contributed by atoms with van der Waals surface area (Å²) in [7, 11) is 0. The Labute approximate surface area is 136 Å². The minimum atomic E-state index is -0.739. The molecule has 1 rings (SSSR count). The number of rotatable bonds is 10. The number of primary amides is 1. The van der Waals surface area contributed by atoms with E-state index in [0.29, 0.717) is 25.4 Å². The summed E-state index contributed by atoms with van der Waals surface area (Å²) in [5.41, 5.74) is 5.53. The van der Waals surface area contributed by atoms with Crippen LogP contribution in [0.3, 0.4) is 0 Å². The molecule has 128 valence electrons. The number of nitrogens with two attached hydrogens (primary N) is 1. The SMILES string of the molecule is CC(C)C(=O)NCCNC[C@@H](O)COc1ccccc1C(N)=O. The number of benzene rings is 1. The van der Waals surface area contributed by atoms with E-state index in [1.807, 2.05) is 13.8 Å². The summed E-state index contributed by atoms with van der Waals surface area (Å²) in [5, 5.41) is 15.6. The van der Waals surface area contributed by atoms with Gasteiger partial charge in [-0.2, -0.15) is 0 Å². The van der Waals surface area contributed by atoms with E-state index < -0.39 is 12.0 Å². The van der Waals surface area contributed by atoms with Gasteiger partial charge < -0.3 is 26.2 Å². The normalized spacial score (nSPS) is 12.0. The van der Waals surface area contributed by atoms with E-state index >= 15 is 0 Å². The zero-order valence-corrected chi connectivity index (χ0v) is 13.5. The van der Waals surface area contributed by atoms with Gasteiger partial charge in [-0.25, -0.2) is 0 Å². The predicted octanol–water partition coefficient (Wildman–Crippen LogP) is -0.113. The zero-order valence-electron chi connectivity index (χ0n) is 13.5. The summed E-state index contributed by atoms with van der Waals surface area (Å²) in [6.07, 6.45) is -0.739. The molecular weight excluding hydrogens is 298 g/mol. The van der Waals surface area contributed by atoms with E-state index in [9.17, 15) is 14.7 Å². The molecule has 7 heteroatoms. The van der Waals surface area contributed by atoms with Crippen LogP contribution in [0.15, 0.2) is 24.3 Å². The van der Waals surface area contributed by atoms with Crippen molar-refractivity contribution in [3.05, 3.63) is 29.8 Å². The van der Waals surface area contributed by atoms with Crippen LogP contribution >= 0.6 is 0 Å². The molecule has 0 aliphatic rings. The average Bonchev–Trinajstić information content (AvgIpc) is 2.52. The van der Waals surface area contributed by atoms with Crippen LogP contribution in [0, 0.1) is 5.92 Å². The lowest BCUT2D eigenvalue weighted by Crippen LogP contribution is -2.38. The van der Waals surface area contributed by atoms with Crippen molar-refractivity contribution in [2.75, 3.05) is 26.2 Å². The number of aliphatic hydroxyl groups is 1. The van der Waals surface area contributed by atoms with Crippen LogP contribution in [0.1, 0.15) is 24.2 Å². The molecule has 0 heterocycles. The lowest BCUT2D eigenvalue weighted by atomic mass is 10.2. The second-order valence-electron chi connectivity index (χ2n) is 5.48. The molecule has 0 unspecified atom stereocenters. The number of aliphatic hydroxyl groups excluding tert-OH is 1. The molecule has 0 aromatic heterocycles. The first-order valence-corrected chi connectivity index (χ1v) is 7.60. The van der Waals surface area contributed by atoms with Gasteiger partial charge >= 0.3 is 0 Å². The maximum absolute atomic E-state index is 11.3. The van der Waals surface area contributed by atoms with Gasteiger partial charge in [0.15, 0.2) is 0 Å². The van der Waals surface area contributed by atoms with Crippen LogP contribution in [-0.2, 0) is 4.79 Å². The van der Waals surface area contributed by atoms with Crippen molar-refractivity contribution < 1.29 is 19.4 Å². The van der Waals surface area contributed by atoms with Crippen LogP contribution in [0.4, 0.5) is 0 Å². The largest absolute Gasteiger partial charge is 0.490 e. The first kappa shape index (κ1) is 18.9. The third kappa shape index (κ3) is 7.12. The molecule has 0 radical (unpaired) electrons. The molecule has 0 fully saturated rings. The van der Waals surface area contributed by atoms with Crippen molar-refractivity contribution in [2.24, 2.45) is 11.7 Å². The lowest BCUT2D eigenvalue weighted by Gasteiger charge is -2.15. The molecule has 0 bridgehead atoms. The Balaban J connectivity index is 2.24. The molecule has 1 atom stereocenters. The lowest BCUT2D eigenvalue weighted by molar-refractivity contribution is -0.123. The summed E-state index contributed by atoms with van der Waals surface area (Å²) in [4.78, 5) is 22.6. The fraction of sp³-hybridized carbons (Fsp3) is 0.500. The number of para-hydroxylation sites is 1. The topological polar surface area (TPSA) is 114 Å². The van der Waals surface area contributed by atoms with Gasteiger partial charge in [0, 0.05) is 25.6 Å². The Kier molecular flexibility index (Phi) is 8.07. The highest BCUT2D eigenvalue weighted by atomic mass is 16.5. The van der Waals surface area contributed by atoms with E-state index in [4.69, 9.17) is 10.5 Å². The zero-order chi connectivity index (χ0) is 17.2. The molecule has 0 aliphatic heterocycles. The highest BCUT2D eigenvalue weighted by molar-refractivity contribution is 5.95. The molecule has 2 amide bonds. The second kappa shape index (κ2) is 9.81. The molecule has 0 saturated heterocycles. The van der Waals surface area contributed by atoms with Gasteiger partial charge in [-0.1, -0.05) is 26.0 Å². The number of hydrogen-bond acceptors (Lipinski definition) is 5. The summed E-state index contributed by atoms with van der Waals surface area (Å²) in [5.74, 6) is -0.268. The van der Waals surface area contributed by atoms with Gasteiger partial charge in [-0.05, 0) is 12.1 Å². The van der Waals surface area contributed by atoms with Crippen molar-refractivity contribution >= 4 is 11.8 Å². The molecule has 0 aliphatic carbocycles. The van der Waals surface area contributed by atoms with Gasteiger partial charge in [-0.15, -0.1) is 0 Å². The number of hydrogen-bond donors (Lipinski definition) is 4. The van der Waals surface area contributed by atoms with Crippen LogP contribution in [-0.4, -0.2) is 49.3 Å². The first-order valence-electron chi connectivity index (χ1n) is 7.60. The van der Waals surface area contributed by atoms with Crippen molar-refractivity contribution in [2.45, 2.75) is 20.0 Å². The Morgan fingerprint density at radius 3 is 2.61 bits per heavy atom. The van der Waals surface area contributed by atoms with Crippen LogP contribution in [0.2, 0.25) is 0 Å². The highest BCUT2D eigenvalue weighted by Crippen LogP contribution is 2.17. The molecule has 1 aromatic carbocycles. The molecule has 5 N–H and O–H groups in total. The number of nitrogens with one attached hydrogen (secondary N) is 2. The molecule has 0 saturated carbocycles. The van der Waals surface area contributed by atoms with Gasteiger partial charge in [-0.3, -0.25) is 9.59 Å². The standard InChI is InChI=1S/C16H25N3O4/c1-11(2)16(22)19-8-7-18-9-12(20)10-23-14-6-4-3-5-13(14)15(17)21/h3-6,11-12,18,20H,7-10H2,1-2H3,(H2,17,21)(H,19,22)/t12-/m1/s1. The van der Waals surface area contributed by atoms with Crippen molar-refractivity contribution in [3.63, 3.8) is 0 Å². The van der Waals surface area contributed by atoms with Gasteiger partial charge in [0.2, 0.25) is 5.91 Å². The fourth-order valence-electron chi connectivity index (χ4n) is 1.79. The Hall–Kier alpha value is -2.12. The van der Waals surface area contributed by atoms with Crippen molar-refractivity contribution in [1.82, 2.24) is 10.6 Å². The molecular formula is C16H25N3O4. The Morgan fingerprint density at radius 1 is 1.26 bits per heavy atom. The molecule has 23 heavy (non-hydrogen) atoms. The molecule has 7 nitrogen and oxygen atoms in total. The third-order valence-corrected chi connectivity index (χ3v) is 3.09. The van der Waals surface area contributed by atoms with E-state index in [1.165, 1.54) is 0 Å². The summed E-state index contributed by atoms with van der Waals surface area (Å²) >= 11 is 0. The maximum atomic E-state index is 11.3. The fourth-order valence-corrected chi connectivity index (χ4v) is 1.79. The van der Waals surface area contributed by atoms with Gasteiger partial charge in [0.1, 0.15) is 18.5 Å². The van der Waals surface area contributed by atoms with Crippen molar-refractivity contribution in [3.8, 4) is 5.75 Å². The van der Waals surface area contributed by atoms with E-state index in [0.717, 1.165) is 0 Å². The summed E-state index contributed by atoms with van der Waals surface area (Å²) in [6.45, 7) is 5.05. The average molecular weight is 323 g/mol. The first-order chi connectivity index (χ1) is 10.9. The summed E-state index contributed by atoms with van der Waals surface area (Å²) < 4.78 is 5.43. The van der Waals surface area contributed by atoms with Gasteiger partial charge in [0.25, 0.3) is 5.91 Å². The number of carbonyl (C=O) groups is 2. The minimum Gasteiger partial charge on any atom is -0.490 e. The van der Waals surface area contributed by atoms with Crippen LogP contribution in [0.5, 0.6) is 5.75 Å².